The Hall–Kier alpha value is -3.39. The summed E-state index contributed by atoms with van der Waals surface area (Å²) in [5.41, 5.74) is 2.84. The van der Waals surface area contributed by atoms with Crippen molar-refractivity contribution in [2.75, 3.05) is 11.4 Å². The maximum atomic E-state index is 12.6. The fourth-order valence-electron chi connectivity index (χ4n) is 2.81. The molecule has 0 spiro atoms. The van der Waals surface area contributed by atoms with Crippen LogP contribution in [0.3, 0.4) is 0 Å². The SMILES string of the molecule is COc1ccc(N(c2cc(C(=O)NCc3cccnc3)ccc2C)[SH](=O)=O)cc1. The van der Waals surface area contributed by atoms with E-state index in [1.807, 2.05) is 6.07 Å². The summed E-state index contributed by atoms with van der Waals surface area (Å²) in [5.74, 6) is 0.320. The van der Waals surface area contributed by atoms with E-state index in [1.165, 1.54) is 4.31 Å². The summed E-state index contributed by atoms with van der Waals surface area (Å²) in [7, 11) is -1.43. The average molecular weight is 411 g/mol. The zero-order valence-corrected chi connectivity index (χ0v) is 16.9. The van der Waals surface area contributed by atoms with Crippen molar-refractivity contribution in [3.8, 4) is 5.75 Å². The topological polar surface area (TPSA) is 88.6 Å². The number of nitrogens with zero attached hydrogens (tertiary/aromatic N) is 2. The molecule has 150 valence electrons. The van der Waals surface area contributed by atoms with E-state index in [-0.39, 0.29) is 5.91 Å². The fourth-order valence-corrected chi connectivity index (χ4v) is 3.52. The van der Waals surface area contributed by atoms with Crippen LogP contribution in [0.15, 0.2) is 67.0 Å². The van der Waals surface area contributed by atoms with Crippen molar-refractivity contribution in [1.82, 2.24) is 10.3 Å². The van der Waals surface area contributed by atoms with Crippen molar-refractivity contribution in [3.05, 3.63) is 83.7 Å². The molecule has 1 N–H and O–H groups in total. The molecular weight excluding hydrogens is 390 g/mol. The predicted molar refractivity (Wildman–Crippen MR) is 112 cm³/mol. The Morgan fingerprint density at radius 2 is 1.90 bits per heavy atom. The number of amides is 1. The molecule has 29 heavy (non-hydrogen) atoms. The smallest absolute Gasteiger partial charge is 0.251 e. The molecule has 3 rings (SSSR count). The van der Waals surface area contributed by atoms with Gasteiger partial charge in [-0.25, -0.2) is 12.7 Å². The Kier molecular flexibility index (Phi) is 6.46. The largest absolute Gasteiger partial charge is 0.497 e. The first-order valence-corrected chi connectivity index (χ1v) is 9.99. The fraction of sp³-hybridized carbons (Fsp3) is 0.143. The molecule has 0 fully saturated rings. The Morgan fingerprint density at radius 3 is 2.52 bits per heavy atom. The molecule has 0 aliphatic carbocycles. The van der Waals surface area contributed by atoms with Crippen molar-refractivity contribution >= 4 is 28.2 Å². The zero-order chi connectivity index (χ0) is 20.8. The van der Waals surface area contributed by atoms with Crippen LogP contribution < -0.4 is 14.4 Å². The van der Waals surface area contributed by atoms with Gasteiger partial charge in [-0.3, -0.25) is 9.78 Å². The number of aryl methyl sites for hydroxylation is 1. The number of hydrogen-bond donors (Lipinski definition) is 2. The molecular formula is C21H21N3O4S. The van der Waals surface area contributed by atoms with E-state index in [0.29, 0.717) is 29.2 Å². The van der Waals surface area contributed by atoms with E-state index in [0.717, 1.165) is 11.1 Å². The number of benzene rings is 2. The number of carbonyl (C=O) groups is 1. The Labute approximate surface area is 171 Å². The van der Waals surface area contributed by atoms with Crippen LogP contribution in [0.2, 0.25) is 0 Å². The molecule has 0 radical (unpaired) electrons. The number of anilines is 2. The molecule has 1 heterocycles. The van der Waals surface area contributed by atoms with E-state index >= 15 is 0 Å². The number of thiol groups is 1. The monoisotopic (exact) mass is 411 g/mol. The van der Waals surface area contributed by atoms with Gasteiger partial charge in [-0.1, -0.05) is 12.1 Å². The highest BCUT2D eigenvalue weighted by Crippen LogP contribution is 2.30. The van der Waals surface area contributed by atoms with E-state index in [1.54, 1.807) is 75.0 Å². The quantitative estimate of drug-likeness (QED) is 0.584. The van der Waals surface area contributed by atoms with Gasteiger partial charge >= 0.3 is 0 Å². The third-order valence-corrected chi connectivity index (χ3v) is 5.13. The summed E-state index contributed by atoms with van der Waals surface area (Å²) < 4.78 is 30.4. The highest BCUT2D eigenvalue weighted by atomic mass is 32.2. The number of nitrogens with one attached hydrogen (secondary N) is 1. The number of carbonyl (C=O) groups excluding carboxylic acids is 1. The van der Waals surface area contributed by atoms with Crippen molar-refractivity contribution in [1.29, 1.82) is 0 Å². The second-order valence-corrected chi connectivity index (χ2v) is 7.17. The van der Waals surface area contributed by atoms with Gasteiger partial charge in [0.05, 0.1) is 18.5 Å². The molecule has 7 nitrogen and oxygen atoms in total. The van der Waals surface area contributed by atoms with E-state index < -0.39 is 10.9 Å². The highest BCUT2D eigenvalue weighted by Gasteiger charge is 2.17. The number of pyridine rings is 1. The van der Waals surface area contributed by atoms with Crippen molar-refractivity contribution in [2.24, 2.45) is 0 Å². The molecule has 0 unspecified atom stereocenters. The van der Waals surface area contributed by atoms with E-state index in [2.05, 4.69) is 10.3 Å². The Bertz CT molecular complexity index is 1060. The van der Waals surface area contributed by atoms with Crippen LogP contribution in [0, 0.1) is 6.92 Å². The third kappa shape index (κ3) is 4.91. The Morgan fingerprint density at radius 1 is 1.14 bits per heavy atom. The molecule has 0 saturated carbocycles. The Balaban J connectivity index is 1.88. The maximum Gasteiger partial charge on any atom is 0.251 e. The van der Waals surface area contributed by atoms with Crippen LogP contribution >= 0.6 is 0 Å². The second kappa shape index (κ2) is 9.20. The van der Waals surface area contributed by atoms with Gasteiger partial charge < -0.3 is 10.1 Å². The summed E-state index contributed by atoms with van der Waals surface area (Å²) in [6, 6.07) is 15.3. The number of hydrogen-bond acceptors (Lipinski definition) is 5. The lowest BCUT2D eigenvalue weighted by Crippen LogP contribution is -2.23. The van der Waals surface area contributed by atoms with E-state index in [9.17, 15) is 13.2 Å². The summed E-state index contributed by atoms with van der Waals surface area (Å²) in [6.07, 6.45) is 3.34. The molecule has 1 aromatic heterocycles. The van der Waals surface area contributed by atoms with Crippen LogP contribution in [0.5, 0.6) is 5.75 Å². The van der Waals surface area contributed by atoms with Gasteiger partial charge in [0, 0.05) is 24.5 Å². The number of rotatable bonds is 7. The molecule has 0 aliphatic rings. The van der Waals surface area contributed by atoms with Crippen molar-refractivity contribution in [2.45, 2.75) is 13.5 Å². The van der Waals surface area contributed by atoms with E-state index in [4.69, 9.17) is 4.74 Å². The molecule has 2 aromatic carbocycles. The van der Waals surface area contributed by atoms with Crippen LogP contribution in [-0.2, 0) is 17.4 Å². The number of ether oxygens (including phenoxy) is 1. The summed E-state index contributed by atoms with van der Waals surface area (Å²) in [4.78, 5) is 16.6. The van der Waals surface area contributed by atoms with Gasteiger partial charge in [0.15, 0.2) is 0 Å². The lowest BCUT2D eigenvalue weighted by molar-refractivity contribution is 0.0951. The summed E-state index contributed by atoms with van der Waals surface area (Å²) in [5, 5.41) is 2.82. The molecule has 0 aliphatic heterocycles. The van der Waals surface area contributed by atoms with Crippen LogP contribution in [0.4, 0.5) is 11.4 Å². The lowest BCUT2D eigenvalue weighted by atomic mass is 10.1. The average Bonchev–Trinajstić information content (AvgIpc) is 2.74. The van der Waals surface area contributed by atoms with Gasteiger partial charge in [-0.05, 0) is 60.5 Å². The molecule has 3 aromatic rings. The lowest BCUT2D eigenvalue weighted by Gasteiger charge is -2.21. The van der Waals surface area contributed by atoms with Crippen LogP contribution in [0.1, 0.15) is 21.5 Å². The standard InChI is InChI=1S/C21H21N3O4S/c1-15-5-6-17(21(25)23-14-16-4-3-11-22-13-16)12-20(15)24(29(26)27)18-7-9-19(28-2)10-8-18/h3-13,29H,14H2,1-2H3,(H,23,25). The summed E-state index contributed by atoms with van der Waals surface area (Å²) in [6.45, 7) is 2.12. The van der Waals surface area contributed by atoms with Gasteiger partial charge in [-0.15, -0.1) is 0 Å². The van der Waals surface area contributed by atoms with Crippen molar-refractivity contribution in [3.63, 3.8) is 0 Å². The zero-order valence-electron chi connectivity index (χ0n) is 16.0. The van der Waals surface area contributed by atoms with Gasteiger partial charge in [0.25, 0.3) is 5.91 Å². The van der Waals surface area contributed by atoms with Crippen LogP contribution in [0.25, 0.3) is 0 Å². The predicted octanol–water partition coefficient (Wildman–Crippen LogP) is 2.99. The third-order valence-electron chi connectivity index (χ3n) is 4.36. The number of aromatic nitrogens is 1. The minimum absolute atomic E-state index is 0.300. The molecule has 1 amide bonds. The minimum atomic E-state index is -2.97. The van der Waals surface area contributed by atoms with Crippen molar-refractivity contribution < 1.29 is 17.9 Å². The second-order valence-electron chi connectivity index (χ2n) is 6.29. The number of methoxy groups -OCH3 is 1. The van der Waals surface area contributed by atoms with Gasteiger partial charge in [0.2, 0.25) is 10.9 Å². The van der Waals surface area contributed by atoms with Crippen LogP contribution in [-0.4, -0.2) is 26.4 Å². The normalized spacial score (nSPS) is 10.6. The van der Waals surface area contributed by atoms with Gasteiger partial charge in [0.1, 0.15) is 5.75 Å². The molecule has 0 atom stereocenters. The molecule has 8 heteroatoms. The maximum absolute atomic E-state index is 12.6. The minimum Gasteiger partial charge on any atom is -0.497 e. The molecule has 0 saturated heterocycles. The first-order valence-electron chi connectivity index (χ1n) is 8.86. The highest BCUT2D eigenvalue weighted by molar-refractivity contribution is 7.74. The van der Waals surface area contributed by atoms with Gasteiger partial charge in [-0.2, -0.15) is 0 Å². The first-order chi connectivity index (χ1) is 14.0. The first kappa shape index (κ1) is 20.3. The summed E-state index contributed by atoms with van der Waals surface area (Å²) >= 11 is 0. The molecule has 0 bridgehead atoms.